The van der Waals surface area contributed by atoms with Crippen molar-refractivity contribution in [3.63, 3.8) is 0 Å². The van der Waals surface area contributed by atoms with E-state index in [-0.39, 0.29) is 5.22 Å². The molecule has 0 radical (unpaired) electrons. The molecule has 0 aliphatic heterocycles. The molecule has 0 saturated carbocycles. The molecule has 0 aliphatic carbocycles. The Labute approximate surface area is 120 Å². The summed E-state index contributed by atoms with van der Waals surface area (Å²) in [4.78, 5) is 10.7. The molecule has 1 atom stereocenters. The lowest BCUT2D eigenvalue weighted by Gasteiger charge is -2.01. The van der Waals surface area contributed by atoms with Gasteiger partial charge in [-0.1, -0.05) is 23.9 Å². The van der Waals surface area contributed by atoms with Crippen molar-refractivity contribution in [2.75, 3.05) is 7.11 Å². The summed E-state index contributed by atoms with van der Waals surface area (Å²) >= 11 is 1.03. The largest absolute Gasteiger partial charge is 0.497 e. The van der Waals surface area contributed by atoms with Gasteiger partial charge < -0.3 is 14.3 Å². The van der Waals surface area contributed by atoms with Crippen LogP contribution in [0.15, 0.2) is 33.9 Å². The first-order valence-electron chi connectivity index (χ1n) is 5.93. The van der Waals surface area contributed by atoms with E-state index in [1.807, 2.05) is 24.3 Å². The van der Waals surface area contributed by atoms with Gasteiger partial charge in [0.15, 0.2) is 0 Å². The van der Waals surface area contributed by atoms with E-state index in [9.17, 15) is 4.79 Å². The Morgan fingerprint density at radius 2 is 2.10 bits per heavy atom. The standard InChI is InChI=1S/C13H14N2O4S/c1-8(12(16)17)20-13-15-14-11(19-13)7-9-3-5-10(18-2)6-4-9/h3-6,8H,7H2,1-2H3,(H,16,17)/t8-/m1/s1. The van der Waals surface area contributed by atoms with Gasteiger partial charge in [0.1, 0.15) is 11.0 Å². The fraction of sp³-hybridized carbons (Fsp3) is 0.308. The maximum absolute atomic E-state index is 10.7. The normalized spacial score (nSPS) is 12.1. The van der Waals surface area contributed by atoms with Crippen molar-refractivity contribution in [2.45, 2.75) is 23.8 Å². The fourth-order valence-corrected chi connectivity index (χ4v) is 2.11. The Morgan fingerprint density at radius 3 is 2.70 bits per heavy atom. The molecule has 7 heteroatoms. The number of nitrogens with zero attached hydrogens (tertiary/aromatic N) is 2. The molecule has 0 spiro atoms. The number of methoxy groups -OCH3 is 1. The van der Waals surface area contributed by atoms with Crippen LogP contribution in [-0.4, -0.2) is 33.6 Å². The van der Waals surface area contributed by atoms with Gasteiger partial charge in [-0.05, 0) is 24.6 Å². The van der Waals surface area contributed by atoms with E-state index in [4.69, 9.17) is 14.3 Å². The average Bonchev–Trinajstić information content (AvgIpc) is 2.86. The number of hydrogen-bond acceptors (Lipinski definition) is 6. The van der Waals surface area contributed by atoms with Crippen LogP contribution in [0.5, 0.6) is 5.75 Å². The van der Waals surface area contributed by atoms with Crippen molar-refractivity contribution in [1.82, 2.24) is 10.2 Å². The topological polar surface area (TPSA) is 85.5 Å². The van der Waals surface area contributed by atoms with Gasteiger partial charge >= 0.3 is 5.97 Å². The zero-order valence-electron chi connectivity index (χ0n) is 11.1. The third kappa shape index (κ3) is 3.74. The van der Waals surface area contributed by atoms with E-state index in [2.05, 4.69) is 10.2 Å². The van der Waals surface area contributed by atoms with Crippen molar-refractivity contribution in [2.24, 2.45) is 0 Å². The molecular formula is C13H14N2O4S. The van der Waals surface area contributed by atoms with Crippen LogP contribution in [-0.2, 0) is 11.2 Å². The molecule has 2 aromatic rings. The highest BCUT2D eigenvalue weighted by atomic mass is 32.2. The van der Waals surface area contributed by atoms with Crippen LogP contribution >= 0.6 is 11.8 Å². The molecule has 1 heterocycles. The SMILES string of the molecule is COc1ccc(Cc2nnc(S[C@H](C)C(=O)O)o2)cc1. The zero-order valence-corrected chi connectivity index (χ0v) is 11.9. The number of carboxylic acids is 1. The van der Waals surface area contributed by atoms with Crippen molar-refractivity contribution in [3.05, 3.63) is 35.7 Å². The smallest absolute Gasteiger partial charge is 0.316 e. The van der Waals surface area contributed by atoms with Crippen LogP contribution in [0.1, 0.15) is 18.4 Å². The van der Waals surface area contributed by atoms with Crippen LogP contribution < -0.4 is 4.74 Å². The van der Waals surface area contributed by atoms with E-state index < -0.39 is 11.2 Å². The highest BCUT2D eigenvalue weighted by molar-refractivity contribution is 8.00. The number of ether oxygens (including phenoxy) is 1. The highest BCUT2D eigenvalue weighted by Gasteiger charge is 2.17. The summed E-state index contributed by atoms with van der Waals surface area (Å²) in [5.74, 6) is 0.325. The Balaban J connectivity index is 1.99. The second-order valence-corrected chi connectivity index (χ2v) is 5.38. The summed E-state index contributed by atoms with van der Waals surface area (Å²) in [6.07, 6.45) is 0.499. The maximum atomic E-state index is 10.7. The lowest BCUT2D eigenvalue weighted by Crippen LogP contribution is -2.10. The lowest BCUT2D eigenvalue weighted by molar-refractivity contribution is -0.136. The molecule has 0 unspecified atom stereocenters. The van der Waals surface area contributed by atoms with E-state index in [0.717, 1.165) is 23.1 Å². The van der Waals surface area contributed by atoms with Gasteiger partial charge in [0.2, 0.25) is 5.89 Å². The van der Waals surface area contributed by atoms with Crippen LogP contribution in [0.2, 0.25) is 0 Å². The molecule has 1 aromatic heterocycles. The summed E-state index contributed by atoms with van der Waals surface area (Å²) in [5, 5.41) is 16.2. The first-order valence-corrected chi connectivity index (χ1v) is 6.81. The van der Waals surface area contributed by atoms with Crippen LogP contribution in [0.3, 0.4) is 0 Å². The molecule has 20 heavy (non-hydrogen) atoms. The fourth-order valence-electron chi connectivity index (χ4n) is 1.48. The summed E-state index contributed by atoms with van der Waals surface area (Å²) in [6, 6.07) is 7.53. The van der Waals surface area contributed by atoms with E-state index in [0.29, 0.717) is 12.3 Å². The minimum Gasteiger partial charge on any atom is -0.497 e. The van der Waals surface area contributed by atoms with Gasteiger partial charge in [-0.3, -0.25) is 4.79 Å². The van der Waals surface area contributed by atoms with Gasteiger partial charge in [-0.2, -0.15) is 0 Å². The predicted molar refractivity (Wildman–Crippen MR) is 73.1 cm³/mol. The second-order valence-electron chi connectivity index (χ2n) is 4.08. The van der Waals surface area contributed by atoms with Gasteiger partial charge in [0.25, 0.3) is 5.22 Å². The van der Waals surface area contributed by atoms with Gasteiger partial charge in [-0.15, -0.1) is 10.2 Å². The highest BCUT2D eigenvalue weighted by Crippen LogP contribution is 2.23. The quantitative estimate of drug-likeness (QED) is 0.817. The zero-order chi connectivity index (χ0) is 14.5. The van der Waals surface area contributed by atoms with Crippen LogP contribution in [0.25, 0.3) is 0 Å². The summed E-state index contributed by atoms with van der Waals surface area (Å²) in [7, 11) is 1.61. The van der Waals surface area contributed by atoms with Gasteiger partial charge in [-0.25, -0.2) is 0 Å². The molecule has 0 fully saturated rings. The number of carbonyl (C=O) groups is 1. The summed E-state index contributed by atoms with van der Waals surface area (Å²) in [6.45, 7) is 1.57. The predicted octanol–water partition coefficient (Wildman–Crippen LogP) is 2.23. The molecule has 0 saturated heterocycles. The van der Waals surface area contributed by atoms with Gasteiger partial charge in [0.05, 0.1) is 13.5 Å². The summed E-state index contributed by atoms with van der Waals surface area (Å²) < 4.78 is 10.5. The first-order chi connectivity index (χ1) is 9.58. The van der Waals surface area contributed by atoms with E-state index >= 15 is 0 Å². The number of thioether (sulfide) groups is 1. The molecule has 2 rings (SSSR count). The number of carboxylic acid groups (broad SMARTS) is 1. The average molecular weight is 294 g/mol. The Morgan fingerprint density at radius 1 is 1.40 bits per heavy atom. The number of rotatable bonds is 6. The molecule has 0 bridgehead atoms. The third-order valence-corrected chi connectivity index (χ3v) is 3.51. The molecule has 106 valence electrons. The minimum atomic E-state index is -0.912. The number of benzene rings is 1. The second kappa shape index (κ2) is 6.42. The number of hydrogen-bond donors (Lipinski definition) is 1. The molecule has 6 nitrogen and oxygen atoms in total. The Kier molecular flexibility index (Phi) is 4.62. The van der Waals surface area contributed by atoms with Crippen molar-refractivity contribution >= 4 is 17.7 Å². The van der Waals surface area contributed by atoms with Crippen LogP contribution in [0.4, 0.5) is 0 Å². The summed E-state index contributed by atoms with van der Waals surface area (Å²) in [5.41, 5.74) is 1.01. The molecule has 0 amide bonds. The van der Waals surface area contributed by atoms with Crippen molar-refractivity contribution < 1.29 is 19.1 Å². The lowest BCUT2D eigenvalue weighted by atomic mass is 10.1. The van der Waals surface area contributed by atoms with Gasteiger partial charge in [0, 0.05) is 0 Å². The van der Waals surface area contributed by atoms with E-state index in [1.165, 1.54) is 0 Å². The Hall–Kier alpha value is -2.02. The van der Waals surface area contributed by atoms with E-state index in [1.54, 1.807) is 14.0 Å². The molecule has 0 aliphatic rings. The van der Waals surface area contributed by atoms with Crippen molar-refractivity contribution in [3.8, 4) is 5.75 Å². The monoisotopic (exact) mass is 294 g/mol. The molecular weight excluding hydrogens is 280 g/mol. The maximum Gasteiger partial charge on any atom is 0.316 e. The number of aliphatic carboxylic acids is 1. The number of aromatic nitrogens is 2. The third-order valence-electron chi connectivity index (χ3n) is 2.59. The minimum absolute atomic E-state index is 0.267. The first kappa shape index (κ1) is 14.4. The molecule has 1 N–H and O–H groups in total. The Bertz CT molecular complexity index is 582. The van der Waals surface area contributed by atoms with Crippen molar-refractivity contribution in [1.29, 1.82) is 0 Å². The van der Waals surface area contributed by atoms with Crippen LogP contribution in [0, 0.1) is 0 Å². The molecule has 1 aromatic carbocycles.